The van der Waals surface area contributed by atoms with Crippen molar-refractivity contribution in [3.8, 4) is 0 Å². The summed E-state index contributed by atoms with van der Waals surface area (Å²) in [6.07, 6.45) is 3.63. The molecule has 27 heavy (non-hydrogen) atoms. The standard InChI is InChI=1S/C22H28N2O3/c1-3-19(13-17-9-6-5-7-10-17)24(4-2)22(26)18-14-21(25)23(15-18)16-20-11-8-12-27-20/h5-12,18-19H,3-4,13-16H2,1-2H3/t18-,19+/m1/s1. The lowest BCUT2D eigenvalue weighted by atomic mass is 9.99. The molecule has 1 aliphatic rings. The molecule has 5 nitrogen and oxygen atoms in total. The van der Waals surface area contributed by atoms with Crippen LogP contribution in [0, 0.1) is 5.92 Å². The number of amides is 2. The number of carbonyl (C=O) groups is 2. The molecule has 1 fully saturated rings. The molecule has 0 unspecified atom stereocenters. The van der Waals surface area contributed by atoms with Crippen molar-refractivity contribution in [2.75, 3.05) is 13.1 Å². The van der Waals surface area contributed by atoms with E-state index in [2.05, 4.69) is 19.1 Å². The zero-order chi connectivity index (χ0) is 19.2. The van der Waals surface area contributed by atoms with Gasteiger partial charge in [-0.25, -0.2) is 0 Å². The Bertz CT molecular complexity index is 742. The Kier molecular flexibility index (Phi) is 6.32. The van der Waals surface area contributed by atoms with E-state index in [-0.39, 0.29) is 30.2 Å². The molecular weight excluding hydrogens is 340 g/mol. The first-order chi connectivity index (χ1) is 13.1. The van der Waals surface area contributed by atoms with Gasteiger partial charge < -0.3 is 14.2 Å². The maximum absolute atomic E-state index is 13.2. The Balaban J connectivity index is 1.65. The van der Waals surface area contributed by atoms with Gasteiger partial charge in [0.1, 0.15) is 5.76 Å². The molecule has 2 amide bonds. The Morgan fingerprint density at radius 2 is 2.00 bits per heavy atom. The molecule has 5 heteroatoms. The predicted molar refractivity (Wildman–Crippen MR) is 104 cm³/mol. The Labute approximate surface area is 160 Å². The number of nitrogens with zero attached hydrogens (tertiary/aromatic N) is 2. The van der Waals surface area contributed by atoms with Gasteiger partial charge in [-0.2, -0.15) is 0 Å². The third-order valence-electron chi connectivity index (χ3n) is 5.34. The molecule has 0 N–H and O–H groups in total. The van der Waals surface area contributed by atoms with Gasteiger partial charge in [0.15, 0.2) is 0 Å². The van der Waals surface area contributed by atoms with Crippen LogP contribution in [0.3, 0.4) is 0 Å². The molecule has 0 bridgehead atoms. The van der Waals surface area contributed by atoms with E-state index in [0.29, 0.717) is 19.6 Å². The average molecular weight is 368 g/mol. The first-order valence-electron chi connectivity index (χ1n) is 9.76. The summed E-state index contributed by atoms with van der Waals surface area (Å²) in [6, 6.07) is 14.1. The SMILES string of the molecule is CC[C@@H](Cc1ccccc1)N(CC)C(=O)[C@@H]1CC(=O)N(Cc2ccco2)C1. The number of furan rings is 1. The Morgan fingerprint density at radius 1 is 1.22 bits per heavy atom. The normalized spacial score (nSPS) is 17.9. The van der Waals surface area contributed by atoms with Crippen LogP contribution in [0.5, 0.6) is 0 Å². The molecule has 3 rings (SSSR count). The number of hydrogen-bond acceptors (Lipinski definition) is 3. The van der Waals surface area contributed by atoms with Gasteiger partial charge >= 0.3 is 0 Å². The van der Waals surface area contributed by atoms with Gasteiger partial charge in [0.25, 0.3) is 0 Å². The van der Waals surface area contributed by atoms with Crippen molar-refractivity contribution >= 4 is 11.8 Å². The monoisotopic (exact) mass is 368 g/mol. The van der Waals surface area contributed by atoms with E-state index in [1.165, 1.54) is 5.56 Å². The van der Waals surface area contributed by atoms with E-state index >= 15 is 0 Å². The van der Waals surface area contributed by atoms with Crippen molar-refractivity contribution in [1.82, 2.24) is 9.80 Å². The maximum atomic E-state index is 13.2. The van der Waals surface area contributed by atoms with E-state index in [9.17, 15) is 9.59 Å². The van der Waals surface area contributed by atoms with Crippen LogP contribution < -0.4 is 0 Å². The summed E-state index contributed by atoms with van der Waals surface area (Å²) in [4.78, 5) is 29.2. The second-order valence-electron chi connectivity index (χ2n) is 7.13. The zero-order valence-electron chi connectivity index (χ0n) is 16.1. The van der Waals surface area contributed by atoms with Gasteiger partial charge in [-0.1, -0.05) is 37.3 Å². The first kappa shape index (κ1) is 19.2. The number of likely N-dealkylation sites (N-methyl/N-ethyl adjacent to an activating group) is 1. The molecule has 2 aromatic rings. The third kappa shape index (κ3) is 4.59. The highest BCUT2D eigenvalue weighted by Crippen LogP contribution is 2.24. The van der Waals surface area contributed by atoms with E-state index in [0.717, 1.165) is 18.6 Å². The van der Waals surface area contributed by atoms with Gasteiger partial charge in [-0.15, -0.1) is 0 Å². The van der Waals surface area contributed by atoms with Crippen LogP contribution in [0.2, 0.25) is 0 Å². The number of carbonyl (C=O) groups excluding carboxylic acids is 2. The van der Waals surface area contributed by atoms with Crippen LogP contribution in [0.4, 0.5) is 0 Å². The second-order valence-corrected chi connectivity index (χ2v) is 7.13. The van der Waals surface area contributed by atoms with Crippen molar-refractivity contribution in [3.05, 3.63) is 60.1 Å². The number of rotatable bonds is 8. The average Bonchev–Trinajstić information content (AvgIpc) is 3.32. The van der Waals surface area contributed by atoms with Gasteiger partial charge in [-0.05, 0) is 37.5 Å². The van der Waals surface area contributed by atoms with Gasteiger partial charge in [-0.3, -0.25) is 9.59 Å². The molecule has 2 atom stereocenters. The van der Waals surface area contributed by atoms with E-state index in [4.69, 9.17) is 4.42 Å². The highest BCUT2D eigenvalue weighted by atomic mass is 16.3. The van der Waals surface area contributed by atoms with Crippen LogP contribution >= 0.6 is 0 Å². The molecule has 1 aromatic carbocycles. The first-order valence-corrected chi connectivity index (χ1v) is 9.76. The molecule has 1 saturated heterocycles. The largest absolute Gasteiger partial charge is 0.467 e. The molecular formula is C22H28N2O3. The highest BCUT2D eigenvalue weighted by Gasteiger charge is 2.37. The number of benzene rings is 1. The lowest BCUT2D eigenvalue weighted by molar-refractivity contribution is -0.138. The van der Waals surface area contributed by atoms with Crippen LogP contribution in [-0.4, -0.2) is 40.7 Å². The molecule has 1 aliphatic heterocycles. The quantitative estimate of drug-likeness (QED) is 0.717. The molecule has 0 aliphatic carbocycles. The van der Waals surface area contributed by atoms with Crippen molar-refractivity contribution in [1.29, 1.82) is 0 Å². The van der Waals surface area contributed by atoms with E-state index in [1.807, 2.05) is 42.2 Å². The topological polar surface area (TPSA) is 53.8 Å². The maximum Gasteiger partial charge on any atom is 0.228 e. The molecule has 0 radical (unpaired) electrons. The van der Waals surface area contributed by atoms with E-state index < -0.39 is 0 Å². The van der Waals surface area contributed by atoms with E-state index in [1.54, 1.807) is 11.2 Å². The molecule has 0 saturated carbocycles. The number of likely N-dealkylation sites (tertiary alicyclic amines) is 1. The Morgan fingerprint density at radius 3 is 2.63 bits per heavy atom. The minimum absolute atomic E-state index is 0.0249. The fraction of sp³-hybridized carbons (Fsp3) is 0.455. The lowest BCUT2D eigenvalue weighted by Crippen LogP contribution is -2.45. The second kappa shape index (κ2) is 8.89. The van der Waals surface area contributed by atoms with Crippen molar-refractivity contribution < 1.29 is 14.0 Å². The molecule has 144 valence electrons. The predicted octanol–water partition coefficient (Wildman–Crippen LogP) is 3.50. The van der Waals surface area contributed by atoms with Gasteiger partial charge in [0.05, 0.1) is 18.7 Å². The summed E-state index contributed by atoms with van der Waals surface area (Å²) >= 11 is 0. The van der Waals surface area contributed by atoms with Crippen molar-refractivity contribution in [3.63, 3.8) is 0 Å². The molecule has 0 spiro atoms. The fourth-order valence-corrected chi connectivity index (χ4v) is 3.87. The summed E-state index contributed by atoms with van der Waals surface area (Å²) in [5.74, 6) is 0.601. The smallest absolute Gasteiger partial charge is 0.228 e. The summed E-state index contributed by atoms with van der Waals surface area (Å²) in [5.41, 5.74) is 1.23. The minimum Gasteiger partial charge on any atom is -0.467 e. The minimum atomic E-state index is -0.266. The van der Waals surface area contributed by atoms with Crippen LogP contribution in [-0.2, 0) is 22.6 Å². The highest BCUT2D eigenvalue weighted by molar-refractivity contribution is 5.89. The van der Waals surface area contributed by atoms with Crippen LogP contribution in [0.15, 0.2) is 53.1 Å². The third-order valence-corrected chi connectivity index (χ3v) is 5.34. The summed E-state index contributed by atoms with van der Waals surface area (Å²) in [6.45, 7) is 5.70. The fourth-order valence-electron chi connectivity index (χ4n) is 3.87. The zero-order valence-corrected chi connectivity index (χ0v) is 16.1. The summed E-state index contributed by atoms with van der Waals surface area (Å²) in [7, 11) is 0. The van der Waals surface area contributed by atoms with Crippen LogP contribution in [0.25, 0.3) is 0 Å². The summed E-state index contributed by atoms with van der Waals surface area (Å²) < 4.78 is 5.34. The van der Waals surface area contributed by atoms with Crippen molar-refractivity contribution in [2.45, 2.75) is 45.7 Å². The van der Waals surface area contributed by atoms with Gasteiger partial charge in [0, 0.05) is 25.6 Å². The summed E-state index contributed by atoms with van der Waals surface area (Å²) in [5, 5.41) is 0. The molecule has 1 aromatic heterocycles. The van der Waals surface area contributed by atoms with Crippen molar-refractivity contribution in [2.24, 2.45) is 5.92 Å². The number of hydrogen-bond donors (Lipinski definition) is 0. The van der Waals surface area contributed by atoms with Gasteiger partial charge in [0.2, 0.25) is 11.8 Å². The lowest BCUT2D eigenvalue weighted by Gasteiger charge is -2.32. The molecule has 2 heterocycles. The Hall–Kier alpha value is -2.56. The van der Waals surface area contributed by atoms with Crippen LogP contribution in [0.1, 0.15) is 38.0 Å².